The van der Waals surface area contributed by atoms with Crippen molar-refractivity contribution >= 4 is 37.7 Å². The van der Waals surface area contributed by atoms with Crippen LogP contribution in [0.3, 0.4) is 0 Å². The molecule has 0 aromatic rings. The third kappa shape index (κ3) is 31.0. The molecule has 0 aliphatic rings. The number of aliphatic hydroxyl groups is 2. The van der Waals surface area contributed by atoms with Crippen molar-refractivity contribution in [2.75, 3.05) is 119 Å². The average molecular weight is 473 g/mol. The minimum atomic E-state index is 0. The van der Waals surface area contributed by atoms with Gasteiger partial charge in [0.25, 0.3) is 0 Å². The van der Waals surface area contributed by atoms with Gasteiger partial charge in [-0.1, -0.05) is 0 Å². The Kier molecular flexibility index (Phi) is 35.2. The Morgan fingerprint density at radius 1 is 0.300 bits per heavy atom. The zero-order valence-corrected chi connectivity index (χ0v) is 17.3. The van der Waals surface area contributed by atoms with Crippen LogP contribution in [0.25, 0.3) is 0 Å². The maximum atomic E-state index is 8.52. The second-order valence-electron chi connectivity index (χ2n) is 5.38. The third-order valence-electron chi connectivity index (χ3n) is 3.04. The van der Waals surface area contributed by atoms with Crippen LogP contribution < -0.4 is 0 Å². The number of rotatable bonds is 26. The van der Waals surface area contributed by atoms with Crippen molar-refractivity contribution in [3.63, 3.8) is 0 Å². The molecule has 0 bridgehead atoms. The second-order valence-corrected chi connectivity index (χ2v) is 5.38. The number of hydrogen-bond donors (Lipinski definition) is 2. The Labute approximate surface area is 209 Å². The molecule has 0 unspecified atom stereocenters. The quantitative estimate of drug-likeness (QED) is 0.0835. The predicted octanol–water partition coefficient (Wildman–Crippen LogP) is -1.88. The maximum absolute atomic E-state index is 8.52. The predicted molar refractivity (Wildman–Crippen MR) is 110 cm³/mol. The van der Waals surface area contributed by atoms with E-state index in [-0.39, 0.29) is 64.5 Å². The summed E-state index contributed by atoms with van der Waals surface area (Å²) in [6.45, 7) is 6.56. The average Bonchev–Trinajstić information content (AvgIpc) is 2.74. The first kappa shape index (κ1) is 33.0. The molecule has 11 nitrogen and oxygen atoms in total. The Bertz CT molecular complexity index is 265. The van der Waals surface area contributed by atoms with Crippen molar-refractivity contribution in [3.05, 3.63) is 0 Å². The first-order chi connectivity index (χ1) is 14.4. The fourth-order valence-electron chi connectivity index (χ4n) is 1.72. The monoisotopic (exact) mass is 472 g/mol. The van der Waals surface area contributed by atoms with E-state index >= 15 is 0 Å². The zero-order valence-electron chi connectivity index (χ0n) is 17.3. The molecule has 0 aliphatic heterocycles. The summed E-state index contributed by atoms with van der Waals surface area (Å²) in [4.78, 5) is 0. The molecule has 180 valence electrons. The van der Waals surface area contributed by atoms with Gasteiger partial charge < -0.3 is 52.8 Å². The Balaban J connectivity index is 0. The van der Waals surface area contributed by atoms with Crippen molar-refractivity contribution in [1.29, 1.82) is 0 Å². The van der Waals surface area contributed by atoms with Gasteiger partial charge in [-0.2, -0.15) is 0 Å². The van der Waals surface area contributed by atoms with E-state index in [4.69, 9.17) is 52.8 Å². The number of hydrogen-bond acceptors (Lipinski definition) is 11. The van der Waals surface area contributed by atoms with Gasteiger partial charge in [0.2, 0.25) is 0 Å². The van der Waals surface area contributed by atoms with E-state index < -0.39 is 0 Å². The van der Waals surface area contributed by atoms with Crippen molar-refractivity contribution in [3.8, 4) is 0 Å². The molecule has 0 spiro atoms. The standard InChI is InChI=1S/C18H38O11.Ca.2H/c19-1-3-21-5-7-23-9-11-25-13-15-27-17-29-18-28-16-14-26-12-10-24-8-6-22-4-2-20;;;/h19-20H,1-18H2;;;. The molecule has 0 aromatic heterocycles. The molecule has 0 fully saturated rings. The van der Waals surface area contributed by atoms with E-state index in [2.05, 4.69) is 0 Å². The van der Waals surface area contributed by atoms with Gasteiger partial charge in [0, 0.05) is 0 Å². The SMILES string of the molecule is OCCOCCOCCOCCOCOCOCCOCCOCCOCCO.[CaH2]. The number of ether oxygens (including phenoxy) is 9. The molecule has 0 amide bonds. The Morgan fingerprint density at radius 2 is 0.533 bits per heavy atom. The molecule has 0 heterocycles. The van der Waals surface area contributed by atoms with E-state index in [0.717, 1.165) is 0 Å². The first-order valence-corrected chi connectivity index (χ1v) is 9.83. The van der Waals surface area contributed by atoms with Crippen molar-refractivity contribution in [1.82, 2.24) is 0 Å². The molecular weight excluding hydrogens is 432 g/mol. The Morgan fingerprint density at radius 3 is 0.800 bits per heavy atom. The van der Waals surface area contributed by atoms with Crippen LogP contribution in [0.5, 0.6) is 0 Å². The topological polar surface area (TPSA) is 124 Å². The van der Waals surface area contributed by atoms with Gasteiger partial charge in [0.15, 0.2) is 0 Å². The zero-order chi connectivity index (χ0) is 21.1. The van der Waals surface area contributed by atoms with Crippen molar-refractivity contribution in [2.45, 2.75) is 0 Å². The van der Waals surface area contributed by atoms with Gasteiger partial charge in [0.1, 0.15) is 13.6 Å². The molecule has 0 saturated heterocycles. The van der Waals surface area contributed by atoms with E-state index in [1.165, 1.54) is 0 Å². The fraction of sp³-hybridized carbons (Fsp3) is 1.00. The van der Waals surface area contributed by atoms with Gasteiger partial charge in [-0.15, -0.1) is 0 Å². The van der Waals surface area contributed by atoms with Crippen LogP contribution in [0.15, 0.2) is 0 Å². The summed E-state index contributed by atoms with van der Waals surface area (Å²) in [5.74, 6) is 0. The normalized spacial score (nSPS) is 11.0. The first-order valence-electron chi connectivity index (χ1n) is 9.83. The van der Waals surface area contributed by atoms with Crippen LogP contribution in [0.4, 0.5) is 0 Å². The molecule has 12 heteroatoms. The molecule has 2 N–H and O–H groups in total. The molecular formula is C18H40CaO11. The molecule has 0 atom stereocenters. The minimum absolute atomic E-state index is 0. The summed E-state index contributed by atoms with van der Waals surface area (Å²) >= 11 is 0. The molecule has 0 aliphatic carbocycles. The van der Waals surface area contributed by atoms with E-state index in [0.29, 0.717) is 92.5 Å². The third-order valence-corrected chi connectivity index (χ3v) is 3.04. The second kappa shape index (κ2) is 32.0. The molecule has 0 aromatic carbocycles. The van der Waals surface area contributed by atoms with Crippen LogP contribution in [0.1, 0.15) is 0 Å². The van der Waals surface area contributed by atoms with Crippen LogP contribution >= 0.6 is 0 Å². The van der Waals surface area contributed by atoms with Crippen LogP contribution in [0, 0.1) is 0 Å². The van der Waals surface area contributed by atoms with Gasteiger partial charge >= 0.3 is 37.7 Å². The van der Waals surface area contributed by atoms with Gasteiger partial charge in [-0.25, -0.2) is 0 Å². The molecule has 0 radical (unpaired) electrons. The summed E-state index contributed by atoms with van der Waals surface area (Å²) in [6.07, 6.45) is 0. The molecule has 0 rings (SSSR count). The summed E-state index contributed by atoms with van der Waals surface area (Å²) in [5, 5.41) is 17.0. The van der Waals surface area contributed by atoms with Gasteiger partial charge in [-0.3, -0.25) is 0 Å². The van der Waals surface area contributed by atoms with Gasteiger partial charge in [0.05, 0.1) is 106 Å². The van der Waals surface area contributed by atoms with E-state index in [1.54, 1.807) is 0 Å². The Hall–Kier alpha value is 0.820. The fourth-order valence-corrected chi connectivity index (χ4v) is 1.72. The summed E-state index contributed by atoms with van der Waals surface area (Å²) in [5.41, 5.74) is 0. The van der Waals surface area contributed by atoms with Gasteiger partial charge in [-0.05, 0) is 0 Å². The van der Waals surface area contributed by atoms with Crippen molar-refractivity contribution < 1.29 is 52.8 Å². The van der Waals surface area contributed by atoms with Crippen LogP contribution in [-0.2, 0) is 42.6 Å². The van der Waals surface area contributed by atoms with Crippen molar-refractivity contribution in [2.24, 2.45) is 0 Å². The number of aliphatic hydroxyl groups excluding tert-OH is 2. The summed E-state index contributed by atoms with van der Waals surface area (Å²) in [7, 11) is 0. The van der Waals surface area contributed by atoms with Crippen LogP contribution in [0.2, 0.25) is 0 Å². The summed E-state index contributed by atoms with van der Waals surface area (Å²) < 4.78 is 46.9. The van der Waals surface area contributed by atoms with E-state index in [9.17, 15) is 0 Å². The molecule has 0 saturated carbocycles. The van der Waals surface area contributed by atoms with E-state index in [1.807, 2.05) is 0 Å². The van der Waals surface area contributed by atoms with Crippen LogP contribution in [-0.4, -0.2) is 167 Å². The summed E-state index contributed by atoms with van der Waals surface area (Å²) in [6, 6.07) is 0. The molecule has 30 heavy (non-hydrogen) atoms.